The molecule has 0 spiro atoms. The molecule has 0 unspecified atom stereocenters. The summed E-state index contributed by atoms with van der Waals surface area (Å²) in [5, 5.41) is 3.49. The van der Waals surface area contributed by atoms with E-state index in [1.807, 2.05) is 12.4 Å². The Morgan fingerprint density at radius 3 is 2.74 bits per heavy atom. The number of rotatable bonds is 6. The van der Waals surface area contributed by atoms with E-state index in [2.05, 4.69) is 89.4 Å². The highest BCUT2D eigenvalue weighted by Gasteiger charge is 2.12. The van der Waals surface area contributed by atoms with Crippen LogP contribution in [-0.2, 0) is 6.54 Å². The first-order valence-electron chi connectivity index (χ1n) is 11.1. The van der Waals surface area contributed by atoms with Crippen LogP contribution in [-0.4, -0.2) is 20.4 Å². The van der Waals surface area contributed by atoms with E-state index < -0.39 is 0 Å². The van der Waals surface area contributed by atoms with E-state index in [0.717, 1.165) is 42.0 Å². The molecule has 3 heterocycles. The van der Waals surface area contributed by atoms with Crippen molar-refractivity contribution in [3.05, 3.63) is 84.5 Å². The fourth-order valence-corrected chi connectivity index (χ4v) is 4.23. The summed E-state index contributed by atoms with van der Waals surface area (Å²) in [5.74, 6) is 0. The molecule has 0 aliphatic heterocycles. The lowest BCUT2D eigenvalue weighted by Gasteiger charge is -2.10. The molecular weight excluding hydrogens is 380 g/mol. The molecular formula is C27H28N4. The van der Waals surface area contributed by atoms with Crippen LogP contribution in [0.5, 0.6) is 0 Å². The molecule has 0 saturated heterocycles. The number of hydrogen-bond donors (Lipinski definition) is 1. The van der Waals surface area contributed by atoms with Gasteiger partial charge in [-0.15, -0.1) is 0 Å². The van der Waals surface area contributed by atoms with Crippen molar-refractivity contribution >= 4 is 11.2 Å². The quantitative estimate of drug-likeness (QED) is 0.417. The second-order valence-electron chi connectivity index (χ2n) is 8.57. The topological polar surface area (TPSA) is 42.2 Å². The predicted molar refractivity (Wildman–Crippen MR) is 128 cm³/mol. The fraction of sp³-hybridized carbons (Fsp3) is 0.259. The number of allylic oxidation sites excluding steroid dienone is 2. The van der Waals surface area contributed by atoms with Crippen LogP contribution in [0, 0.1) is 0 Å². The SMILES string of the molecule is CC(C)NCc1cccc(-c2ccn3c(-c4ccnc(C5=CCCC5)c4)cnc3c2)c1. The van der Waals surface area contributed by atoms with Crippen LogP contribution in [0.1, 0.15) is 44.4 Å². The molecule has 1 N–H and O–H groups in total. The third kappa shape index (κ3) is 4.17. The zero-order valence-electron chi connectivity index (χ0n) is 18.2. The van der Waals surface area contributed by atoms with Crippen LogP contribution in [0.15, 0.2) is 73.2 Å². The van der Waals surface area contributed by atoms with Crippen LogP contribution < -0.4 is 5.32 Å². The van der Waals surface area contributed by atoms with Gasteiger partial charge in [0, 0.05) is 30.5 Å². The fourth-order valence-electron chi connectivity index (χ4n) is 4.23. The Morgan fingerprint density at radius 1 is 1.00 bits per heavy atom. The van der Waals surface area contributed by atoms with Crippen molar-refractivity contribution in [2.45, 2.75) is 45.7 Å². The van der Waals surface area contributed by atoms with E-state index in [1.165, 1.54) is 28.7 Å². The third-order valence-corrected chi connectivity index (χ3v) is 5.91. The number of nitrogens with zero attached hydrogens (tertiary/aromatic N) is 3. The van der Waals surface area contributed by atoms with Crippen molar-refractivity contribution < 1.29 is 0 Å². The van der Waals surface area contributed by atoms with Crippen LogP contribution in [0.2, 0.25) is 0 Å². The van der Waals surface area contributed by atoms with Gasteiger partial charge in [0.2, 0.25) is 0 Å². The Bertz CT molecular complexity index is 1250. The van der Waals surface area contributed by atoms with Crippen molar-refractivity contribution in [3.63, 3.8) is 0 Å². The Morgan fingerprint density at radius 2 is 1.90 bits per heavy atom. The Hall–Kier alpha value is -3.24. The largest absolute Gasteiger partial charge is 0.310 e. The Balaban J connectivity index is 1.46. The third-order valence-electron chi connectivity index (χ3n) is 5.91. The van der Waals surface area contributed by atoms with Crippen molar-refractivity contribution in [2.75, 3.05) is 0 Å². The maximum Gasteiger partial charge on any atom is 0.137 e. The summed E-state index contributed by atoms with van der Waals surface area (Å²) in [6.07, 6.45) is 11.8. The van der Waals surface area contributed by atoms with Crippen LogP contribution in [0.4, 0.5) is 0 Å². The molecule has 0 bridgehead atoms. The molecule has 31 heavy (non-hydrogen) atoms. The number of pyridine rings is 2. The van der Waals surface area contributed by atoms with Crippen molar-refractivity contribution in [2.24, 2.45) is 0 Å². The highest BCUT2D eigenvalue weighted by atomic mass is 15.0. The first-order chi connectivity index (χ1) is 15.2. The molecule has 4 heteroatoms. The number of imidazole rings is 1. The number of benzene rings is 1. The monoisotopic (exact) mass is 408 g/mol. The highest BCUT2D eigenvalue weighted by Crippen LogP contribution is 2.30. The zero-order valence-corrected chi connectivity index (χ0v) is 18.2. The summed E-state index contributed by atoms with van der Waals surface area (Å²) in [4.78, 5) is 9.30. The highest BCUT2D eigenvalue weighted by molar-refractivity contribution is 5.73. The van der Waals surface area contributed by atoms with E-state index in [4.69, 9.17) is 4.98 Å². The number of fused-ring (bicyclic) bond motifs is 1. The zero-order chi connectivity index (χ0) is 21.2. The summed E-state index contributed by atoms with van der Waals surface area (Å²) >= 11 is 0. The van der Waals surface area contributed by atoms with E-state index in [-0.39, 0.29) is 0 Å². The summed E-state index contributed by atoms with van der Waals surface area (Å²) < 4.78 is 2.16. The minimum absolute atomic E-state index is 0.474. The van der Waals surface area contributed by atoms with Gasteiger partial charge in [-0.25, -0.2) is 4.98 Å². The maximum atomic E-state index is 4.71. The molecule has 4 aromatic rings. The molecule has 3 aromatic heterocycles. The maximum absolute atomic E-state index is 4.71. The van der Waals surface area contributed by atoms with Gasteiger partial charge in [-0.3, -0.25) is 9.38 Å². The van der Waals surface area contributed by atoms with Gasteiger partial charge in [-0.2, -0.15) is 0 Å². The molecule has 5 rings (SSSR count). The van der Waals surface area contributed by atoms with E-state index in [1.54, 1.807) is 0 Å². The van der Waals surface area contributed by atoms with E-state index >= 15 is 0 Å². The molecule has 0 saturated carbocycles. The summed E-state index contributed by atoms with van der Waals surface area (Å²) in [6.45, 7) is 5.22. The van der Waals surface area contributed by atoms with Crippen LogP contribution in [0.25, 0.3) is 33.6 Å². The molecule has 1 aromatic carbocycles. The van der Waals surface area contributed by atoms with Gasteiger partial charge in [0.25, 0.3) is 0 Å². The summed E-state index contributed by atoms with van der Waals surface area (Å²) in [7, 11) is 0. The average Bonchev–Trinajstić information content (AvgIpc) is 3.48. The Kier molecular flexibility index (Phi) is 5.39. The molecule has 0 fully saturated rings. The molecule has 1 aliphatic rings. The normalized spacial score (nSPS) is 13.8. The van der Waals surface area contributed by atoms with Gasteiger partial charge >= 0.3 is 0 Å². The van der Waals surface area contributed by atoms with Gasteiger partial charge in [0.05, 0.1) is 17.6 Å². The summed E-state index contributed by atoms with van der Waals surface area (Å²) in [5.41, 5.74) is 9.35. The molecule has 4 nitrogen and oxygen atoms in total. The van der Waals surface area contributed by atoms with Gasteiger partial charge < -0.3 is 5.32 Å². The van der Waals surface area contributed by atoms with Crippen molar-refractivity contribution in [1.82, 2.24) is 19.7 Å². The second kappa shape index (κ2) is 8.48. The number of aromatic nitrogens is 3. The minimum atomic E-state index is 0.474. The lowest BCUT2D eigenvalue weighted by atomic mass is 10.0. The van der Waals surface area contributed by atoms with Gasteiger partial charge in [0.15, 0.2) is 0 Å². The average molecular weight is 409 g/mol. The molecule has 1 aliphatic carbocycles. The lowest BCUT2D eigenvalue weighted by Crippen LogP contribution is -2.21. The van der Waals surface area contributed by atoms with Gasteiger partial charge in [0.1, 0.15) is 5.65 Å². The molecule has 0 amide bonds. The first kappa shape index (κ1) is 19.7. The van der Waals surface area contributed by atoms with Crippen molar-refractivity contribution in [1.29, 1.82) is 0 Å². The van der Waals surface area contributed by atoms with Crippen LogP contribution in [0.3, 0.4) is 0 Å². The molecule has 0 atom stereocenters. The number of nitrogens with one attached hydrogen (secondary N) is 1. The predicted octanol–water partition coefficient (Wildman–Crippen LogP) is 6.13. The van der Waals surface area contributed by atoms with Gasteiger partial charge in [-0.05, 0) is 71.9 Å². The molecule has 0 radical (unpaired) electrons. The van der Waals surface area contributed by atoms with Crippen LogP contribution >= 0.6 is 0 Å². The lowest BCUT2D eigenvalue weighted by molar-refractivity contribution is 0.589. The number of hydrogen-bond acceptors (Lipinski definition) is 3. The van der Waals surface area contributed by atoms with E-state index in [9.17, 15) is 0 Å². The first-order valence-corrected chi connectivity index (χ1v) is 11.1. The second-order valence-corrected chi connectivity index (χ2v) is 8.57. The van der Waals surface area contributed by atoms with Gasteiger partial charge in [-0.1, -0.05) is 38.1 Å². The van der Waals surface area contributed by atoms with Crippen molar-refractivity contribution in [3.8, 4) is 22.4 Å². The summed E-state index contributed by atoms with van der Waals surface area (Å²) in [6, 6.07) is 17.8. The Labute approximate surface area is 183 Å². The minimum Gasteiger partial charge on any atom is -0.310 e. The smallest absolute Gasteiger partial charge is 0.137 e. The molecule has 156 valence electrons. The van der Waals surface area contributed by atoms with E-state index in [0.29, 0.717) is 6.04 Å². The standard InChI is InChI=1S/C27H28N4/c1-19(2)29-17-20-6-5-9-22(14-20)23-11-13-31-26(18-30-27(31)16-23)24-10-12-28-25(15-24)21-7-3-4-8-21/h5-7,9-16,18-19,29H,3-4,8,17H2,1-2H3.